The van der Waals surface area contributed by atoms with Gasteiger partial charge >= 0.3 is 0 Å². The van der Waals surface area contributed by atoms with Crippen LogP contribution < -0.4 is 15.4 Å². The van der Waals surface area contributed by atoms with E-state index in [9.17, 15) is 4.39 Å². The van der Waals surface area contributed by atoms with Crippen LogP contribution >= 0.6 is 0 Å². The Hall–Kier alpha value is -3.94. The maximum atomic E-state index is 13.0. The first-order chi connectivity index (χ1) is 14.7. The van der Waals surface area contributed by atoms with Gasteiger partial charge in [-0.1, -0.05) is 18.2 Å². The number of halogens is 1. The summed E-state index contributed by atoms with van der Waals surface area (Å²) in [6, 6.07) is 19.4. The Morgan fingerprint density at radius 2 is 1.63 bits per heavy atom. The van der Waals surface area contributed by atoms with E-state index in [2.05, 4.69) is 25.8 Å². The monoisotopic (exact) mass is 404 g/mol. The summed E-state index contributed by atoms with van der Waals surface area (Å²) >= 11 is 0. The van der Waals surface area contributed by atoms with Crippen LogP contribution in [0.1, 0.15) is 11.4 Å². The van der Waals surface area contributed by atoms with Gasteiger partial charge in [0.1, 0.15) is 17.3 Å². The fourth-order valence-electron chi connectivity index (χ4n) is 2.89. The highest BCUT2D eigenvalue weighted by Gasteiger charge is 2.06. The van der Waals surface area contributed by atoms with Crippen molar-refractivity contribution in [3.8, 4) is 11.5 Å². The molecule has 30 heavy (non-hydrogen) atoms. The van der Waals surface area contributed by atoms with E-state index < -0.39 is 0 Å². The lowest BCUT2D eigenvalue weighted by Gasteiger charge is -2.12. The number of nitrogens with one attached hydrogen (secondary N) is 2. The predicted molar refractivity (Wildman–Crippen MR) is 113 cm³/mol. The standard InChI is InChI=1S/C22H21FN6O/c1-24-22(26-15-21-28-27-20-4-2-3-13-29(20)21)25-14-16-5-9-18(10-6-16)30-19-11-7-17(23)8-12-19/h2-13H,14-15H2,1H3,(H2,24,25,26). The molecule has 0 aliphatic heterocycles. The van der Waals surface area contributed by atoms with Crippen LogP contribution in [0.3, 0.4) is 0 Å². The van der Waals surface area contributed by atoms with Crippen LogP contribution in [0.4, 0.5) is 4.39 Å². The number of fused-ring (bicyclic) bond motifs is 1. The summed E-state index contributed by atoms with van der Waals surface area (Å²) in [6.07, 6.45) is 1.93. The van der Waals surface area contributed by atoms with Crippen molar-refractivity contribution >= 4 is 11.6 Å². The molecule has 2 aromatic heterocycles. The number of aromatic nitrogens is 3. The third-order valence-electron chi connectivity index (χ3n) is 4.45. The molecule has 0 unspecified atom stereocenters. The molecule has 8 heteroatoms. The zero-order valence-corrected chi connectivity index (χ0v) is 16.4. The van der Waals surface area contributed by atoms with Gasteiger partial charge in [0.2, 0.25) is 0 Å². The van der Waals surface area contributed by atoms with Crippen molar-refractivity contribution in [1.29, 1.82) is 0 Å². The van der Waals surface area contributed by atoms with Crippen LogP contribution in [0, 0.1) is 5.82 Å². The molecule has 0 bridgehead atoms. The summed E-state index contributed by atoms with van der Waals surface area (Å²) in [5.74, 6) is 2.45. The van der Waals surface area contributed by atoms with Gasteiger partial charge < -0.3 is 15.4 Å². The number of hydrogen-bond donors (Lipinski definition) is 2. The zero-order chi connectivity index (χ0) is 20.8. The third kappa shape index (κ3) is 4.72. The molecule has 4 aromatic rings. The number of rotatable bonds is 6. The van der Waals surface area contributed by atoms with Gasteiger partial charge in [0.15, 0.2) is 17.4 Å². The lowest BCUT2D eigenvalue weighted by molar-refractivity contribution is 0.480. The number of guanidine groups is 1. The summed E-state index contributed by atoms with van der Waals surface area (Å²) in [4.78, 5) is 4.24. The van der Waals surface area contributed by atoms with E-state index in [-0.39, 0.29) is 5.82 Å². The molecule has 2 N–H and O–H groups in total. The molecule has 7 nitrogen and oxygen atoms in total. The molecule has 0 amide bonds. The normalized spacial score (nSPS) is 11.5. The Labute approximate surface area is 173 Å². The van der Waals surface area contributed by atoms with Gasteiger partial charge in [0.05, 0.1) is 6.54 Å². The molecule has 152 valence electrons. The van der Waals surface area contributed by atoms with E-state index in [0.29, 0.717) is 30.5 Å². The van der Waals surface area contributed by atoms with Gasteiger partial charge in [-0.25, -0.2) is 4.39 Å². The second-order valence-electron chi connectivity index (χ2n) is 6.52. The van der Waals surface area contributed by atoms with Crippen molar-refractivity contribution < 1.29 is 9.13 Å². The summed E-state index contributed by atoms with van der Waals surface area (Å²) in [6.45, 7) is 1.09. The molecule has 0 aliphatic rings. The first-order valence-electron chi connectivity index (χ1n) is 9.47. The van der Waals surface area contributed by atoms with Crippen molar-refractivity contribution in [3.63, 3.8) is 0 Å². The molecule has 0 radical (unpaired) electrons. The van der Waals surface area contributed by atoms with Crippen molar-refractivity contribution in [2.24, 2.45) is 4.99 Å². The highest BCUT2D eigenvalue weighted by molar-refractivity contribution is 5.79. The molecular formula is C22H21FN6O. The average molecular weight is 404 g/mol. The molecule has 0 fully saturated rings. The van der Waals surface area contributed by atoms with E-state index >= 15 is 0 Å². The molecule has 0 saturated carbocycles. The fraction of sp³-hybridized carbons (Fsp3) is 0.136. The SMILES string of the molecule is CN=C(NCc1ccc(Oc2ccc(F)cc2)cc1)NCc1nnc2ccccn12. The van der Waals surface area contributed by atoms with Gasteiger partial charge in [-0.2, -0.15) is 0 Å². The Balaban J connectivity index is 1.30. The largest absolute Gasteiger partial charge is 0.457 e. The summed E-state index contributed by atoms with van der Waals surface area (Å²) < 4.78 is 20.6. The molecule has 0 aliphatic carbocycles. The van der Waals surface area contributed by atoms with Crippen molar-refractivity contribution in [1.82, 2.24) is 25.2 Å². The van der Waals surface area contributed by atoms with Gasteiger partial charge in [0.25, 0.3) is 0 Å². The molecule has 2 aromatic carbocycles. The lowest BCUT2D eigenvalue weighted by atomic mass is 10.2. The van der Waals surface area contributed by atoms with E-state index in [0.717, 1.165) is 17.0 Å². The summed E-state index contributed by atoms with van der Waals surface area (Å²) in [5.41, 5.74) is 1.87. The van der Waals surface area contributed by atoms with Crippen LogP contribution in [0.25, 0.3) is 5.65 Å². The number of benzene rings is 2. The van der Waals surface area contributed by atoms with Gasteiger partial charge in [0, 0.05) is 19.8 Å². The number of hydrogen-bond acceptors (Lipinski definition) is 4. The second-order valence-corrected chi connectivity index (χ2v) is 6.52. The topological polar surface area (TPSA) is 75.8 Å². The van der Waals surface area contributed by atoms with Crippen molar-refractivity contribution in [2.75, 3.05) is 7.05 Å². The fourth-order valence-corrected chi connectivity index (χ4v) is 2.89. The van der Waals surface area contributed by atoms with Crippen molar-refractivity contribution in [2.45, 2.75) is 13.1 Å². The van der Waals surface area contributed by atoms with Crippen LogP contribution in [0.2, 0.25) is 0 Å². The number of ether oxygens (including phenoxy) is 1. The average Bonchev–Trinajstić information content (AvgIpc) is 3.20. The summed E-state index contributed by atoms with van der Waals surface area (Å²) in [5, 5.41) is 14.9. The molecule has 0 spiro atoms. The maximum absolute atomic E-state index is 13.0. The Kier molecular flexibility index (Phi) is 5.84. The minimum absolute atomic E-state index is 0.289. The molecule has 0 atom stereocenters. The Morgan fingerprint density at radius 3 is 2.37 bits per heavy atom. The molecule has 4 rings (SSSR count). The molecule has 2 heterocycles. The van der Waals surface area contributed by atoms with E-state index in [1.165, 1.54) is 12.1 Å². The summed E-state index contributed by atoms with van der Waals surface area (Å²) in [7, 11) is 1.72. The van der Waals surface area contributed by atoms with E-state index in [4.69, 9.17) is 4.74 Å². The van der Waals surface area contributed by atoms with Crippen molar-refractivity contribution in [3.05, 3.63) is 90.1 Å². The lowest BCUT2D eigenvalue weighted by Crippen LogP contribution is -2.36. The third-order valence-corrected chi connectivity index (χ3v) is 4.45. The maximum Gasteiger partial charge on any atom is 0.191 e. The minimum Gasteiger partial charge on any atom is -0.457 e. The number of nitrogens with zero attached hydrogens (tertiary/aromatic N) is 4. The van der Waals surface area contributed by atoms with Crippen LogP contribution in [0.15, 0.2) is 77.9 Å². The zero-order valence-electron chi connectivity index (χ0n) is 16.4. The second kappa shape index (κ2) is 9.04. The molecular weight excluding hydrogens is 383 g/mol. The van der Waals surface area contributed by atoms with E-state index in [1.807, 2.05) is 53.1 Å². The number of aliphatic imine (C=N–C) groups is 1. The van der Waals surface area contributed by atoms with Crippen LogP contribution in [-0.2, 0) is 13.1 Å². The highest BCUT2D eigenvalue weighted by Crippen LogP contribution is 2.21. The Bertz CT molecular complexity index is 1140. The first-order valence-corrected chi connectivity index (χ1v) is 9.47. The highest BCUT2D eigenvalue weighted by atomic mass is 19.1. The van der Waals surface area contributed by atoms with Crippen LogP contribution in [0.5, 0.6) is 11.5 Å². The predicted octanol–water partition coefficient (Wildman–Crippen LogP) is 3.53. The van der Waals surface area contributed by atoms with E-state index in [1.54, 1.807) is 19.2 Å². The van der Waals surface area contributed by atoms with Gasteiger partial charge in [-0.3, -0.25) is 9.39 Å². The number of pyridine rings is 1. The first kappa shape index (κ1) is 19.4. The molecule has 0 saturated heterocycles. The van der Waals surface area contributed by atoms with Gasteiger partial charge in [-0.05, 0) is 54.1 Å². The quantitative estimate of drug-likeness (QED) is 0.380. The Morgan fingerprint density at radius 1 is 0.933 bits per heavy atom. The van der Waals surface area contributed by atoms with Gasteiger partial charge in [-0.15, -0.1) is 10.2 Å². The minimum atomic E-state index is -0.289. The smallest absolute Gasteiger partial charge is 0.191 e. The van der Waals surface area contributed by atoms with Crippen LogP contribution in [-0.4, -0.2) is 27.6 Å².